The highest BCUT2D eigenvalue weighted by atomic mass is 32.2. The number of imidazole rings is 1. The molecule has 0 saturated heterocycles. The Morgan fingerprint density at radius 3 is 2.84 bits per heavy atom. The highest BCUT2D eigenvalue weighted by Crippen LogP contribution is 2.23. The summed E-state index contributed by atoms with van der Waals surface area (Å²) in [6.07, 6.45) is 0. The third-order valence-corrected chi connectivity index (χ3v) is 5.69. The van der Waals surface area contributed by atoms with Crippen molar-refractivity contribution in [2.45, 2.75) is 20.0 Å². The Morgan fingerprint density at radius 2 is 2.04 bits per heavy atom. The van der Waals surface area contributed by atoms with E-state index < -0.39 is 10.2 Å². The lowest BCUT2D eigenvalue weighted by Crippen LogP contribution is -2.41. The van der Waals surface area contributed by atoms with Crippen LogP contribution in [0, 0.1) is 6.92 Å². The van der Waals surface area contributed by atoms with E-state index in [1.165, 1.54) is 4.31 Å². The molecule has 8 nitrogen and oxygen atoms in total. The fourth-order valence-corrected chi connectivity index (χ4v) is 4.23. The van der Waals surface area contributed by atoms with Crippen molar-refractivity contribution in [3.63, 3.8) is 0 Å². The molecule has 1 unspecified atom stereocenters. The maximum Gasteiger partial charge on any atom is 0.447 e. The number of nitrogens with two attached hydrogens (primary N) is 1. The number of aryl methyl sites for hydroxylation is 1. The van der Waals surface area contributed by atoms with Crippen LogP contribution in [0.15, 0.2) is 36.4 Å². The lowest BCUT2D eigenvalue weighted by molar-refractivity contribution is 0.343. The van der Waals surface area contributed by atoms with Crippen molar-refractivity contribution in [2.24, 2.45) is 0 Å². The SMILES string of the molecule is Cc1cc(N)nc(NS(=O)(=[OH+])N2CCn3c(nc4ccccc43)C2)c1. The van der Waals surface area contributed by atoms with E-state index in [2.05, 4.69) is 19.3 Å². The van der Waals surface area contributed by atoms with Crippen LogP contribution in [0.2, 0.25) is 0 Å². The van der Waals surface area contributed by atoms with Crippen LogP contribution >= 0.6 is 0 Å². The molecule has 4 rings (SSSR count). The van der Waals surface area contributed by atoms with Gasteiger partial charge in [0.05, 0.1) is 17.6 Å². The second-order valence-corrected chi connectivity index (χ2v) is 7.80. The Labute approximate surface area is 145 Å². The van der Waals surface area contributed by atoms with Crippen LogP contribution in [0.5, 0.6) is 0 Å². The first-order valence-corrected chi connectivity index (χ1v) is 9.37. The van der Waals surface area contributed by atoms with Crippen molar-refractivity contribution in [1.29, 1.82) is 0 Å². The van der Waals surface area contributed by atoms with Crippen LogP contribution in [0.4, 0.5) is 11.6 Å². The second-order valence-electron chi connectivity index (χ2n) is 6.09. The average Bonchev–Trinajstić information content (AvgIpc) is 2.91. The smallest absolute Gasteiger partial charge is 0.384 e. The minimum atomic E-state index is -3.49. The molecule has 1 aliphatic heterocycles. The standard InChI is InChI=1S/C16H18N6O2S/c1-11-8-14(17)19-15(9-11)20-25(23,24)21-6-7-22-13-5-3-2-4-12(13)18-16(22)10-21/h2-5,8-9H,6-7,10H2,1H3,(H3,17,19,20,23,24)/p+1. The molecular weight excluding hydrogens is 340 g/mol. The molecule has 2 aromatic heterocycles. The molecule has 1 aliphatic rings. The van der Waals surface area contributed by atoms with Crippen LogP contribution in [-0.4, -0.2) is 33.8 Å². The van der Waals surface area contributed by atoms with Gasteiger partial charge in [0.15, 0.2) is 0 Å². The Kier molecular flexibility index (Phi) is 3.62. The van der Waals surface area contributed by atoms with Crippen molar-refractivity contribution in [1.82, 2.24) is 18.8 Å². The topological polar surface area (TPSA) is 110 Å². The first-order valence-electron chi connectivity index (χ1n) is 7.90. The number of nitrogen functional groups attached to an aromatic ring is 1. The van der Waals surface area contributed by atoms with Gasteiger partial charge in [-0.1, -0.05) is 12.1 Å². The normalized spacial score (nSPS) is 17.2. The number of hydrogen-bond acceptors (Lipinski definition) is 4. The number of anilines is 2. The van der Waals surface area contributed by atoms with E-state index in [-0.39, 0.29) is 12.4 Å². The highest BCUT2D eigenvalue weighted by Gasteiger charge is 2.33. The number of nitrogens with one attached hydrogen (secondary N) is 1. The van der Waals surface area contributed by atoms with Crippen molar-refractivity contribution in [2.75, 3.05) is 17.0 Å². The summed E-state index contributed by atoms with van der Waals surface area (Å²) < 4.78 is 29.5. The maximum absolute atomic E-state index is 12.8. The number of hydrogen-bond donors (Lipinski definition) is 2. The number of nitrogens with zero attached hydrogens (tertiary/aromatic N) is 4. The fourth-order valence-electron chi connectivity index (χ4n) is 3.10. The molecule has 0 aliphatic carbocycles. The predicted molar refractivity (Wildman–Crippen MR) is 97.2 cm³/mol. The van der Waals surface area contributed by atoms with Gasteiger partial charge in [-0.3, -0.25) is 0 Å². The van der Waals surface area contributed by atoms with E-state index in [0.717, 1.165) is 22.4 Å². The monoisotopic (exact) mass is 359 g/mol. The van der Waals surface area contributed by atoms with Gasteiger partial charge in [0.25, 0.3) is 0 Å². The van der Waals surface area contributed by atoms with Crippen LogP contribution in [0.25, 0.3) is 11.0 Å². The molecule has 3 aromatic rings. The number of benzene rings is 1. The van der Waals surface area contributed by atoms with E-state index >= 15 is 0 Å². The van der Waals surface area contributed by atoms with Gasteiger partial charge in [-0.15, -0.1) is 8.51 Å². The summed E-state index contributed by atoms with van der Waals surface area (Å²) in [7, 11) is -3.49. The zero-order valence-electron chi connectivity index (χ0n) is 13.7. The number of fused-ring (bicyclic) bond motifs is 3. The summed E-state index contributed by atoms with van der Waals surface area (Å²) >= 11 is 0. The quantitative estimate of drug-likeness (QED) is 0.693. The van der Waals surface area contributed by atoms with Gasteiger partial charge in [0.2, 0.25) is 0 Å². The molecular formula is C16H19N6O2S+. The largest absolute Gasteiger partial charge is 0.447 e. The van der Waals surface area contributed by atoms with Crippen molar-refractivity contribution in [3.05, 3.63) is 47.8 Å². The lowest BCUT2D eigenvalue weighted by atomic mass is 10.3. The molecule has 0 radical (unpaired) electrons. The third kappa shape index (κ3) is 2.92. The molecule has 0 saturated carbocycles. The molecule has 0 fully saturated rings. The van der Waals surface area contributed by atoms with Crippen LogP contribution in [0.3, 0.4) is 0 Å². The molecule has 25 heavy (non-hydrogen) atoms. The number of pyridine rings is 1. The van der Waals surface area contributed by atoms with Gasteiger partial charge in [0, 0.05) is 13.1 Å². The lowest BCUT2D eigenvalue weighted by Gasteiger charge is -2.24. The van der Waals surface area contributed by atoms with Crippen LogP contribution < -0.4 is 10.5 Å². The third-order valence-electron chi connectivity index (χ3n) is 4.20. The first kappa shape index (κ1) is 15.9. The Bertz CT molecular complexity index is 1040. The van der Waals surface area contributed by atoms with Gasteiger partial charge >= 0.3 is 10.2 Å². The first-order chi connectivity index (χ1) is 11.9. The number of rotatable bonds is 3. The minimum Gasteiger partial charge on any atom is -0.384 e. The number of aromatic nitrogens is 3. The van der Waals surface area contributed by atoms with Gasteiger partial charge in [0.1, 0.15) is 17.5 Å². The Morgan fingerprint density at radius 1 is 1.24 bits per heavy atom. The molecule has 0 amide bonds. The summed E-state index contributed by atoms with van der Waals surface area (Å²) in [6, 6.07) is 11.2. The summed E-state index contributed by atoms with van der Waals surface area (Å²) in [5.41, 5.74) is 8.51. The molecule has 9 heteroatoms. The summed E-state index contributed by atoms with van der Waals surface area (Å²) in [6.45, 7) is 3.15. The van der Waals surface area contributed by atoms with Gasteiger partial charge in [-0.2, -0.15) is 4.21 Å². The molecule has 0 spiro atoms. The van der Waals surface area contributed by atoms with Gasteiger partial charge < -0.3 is 10.3 Å². The van der Waals surface area contributed by atoms with Crippen molar-refractivity contribution < 1.29 is 8.42 Å². The highest BCUT2D eigenvalue weighted by molar-refractivity contribution is 7.90. The summed E-state index contributed by atoms with van der Waals surface area (Å²) in [5.74, 6) is 1.36. The molecule has 3 heterocycles. The van der Waals surface area contributed by atoms with E-state index in [9.17, 15) is 8.42 Å². The molecule has 1 aromatic carbocycles. The average molecular weight is 359 g/mol. The fraction of sp³-hybridized carbons (Fsp3) is 0.250. The molecule has 1 atom stereocenters. The van der Waals surface area contributed by atoms with Crippen LogP contribution in [0.1, 0.15) is 11.4 Å². The summed E-state index contributed by atoms with van der Waals surface area (Å²) in [4.78, 5) is 8.65. The summed E-state index contributed by atoms with van der Waals surface area (Å²) in [5, 5.41) is 0. The Balaban J connectivity index is 1.61. The van der Waals surface area contributed by atoms with E-state index in [0.29, 0.717) is 18.9 Å². The van der Waals surface area contributed by atoms with Crippen LogP contribution in [-0.2, 0) is 23.3 Å². The van der Waals surface area contributed by atoms with E-state index in [1.54, 1.807) is 12.1 Å². The molecule has 4 N–H and O–H groups in total. The second kappa shape index (κ2) is 5.71. The van der Waals surface area contributed by atoms with Gasteiger partial charge in [-0.05, 0) is 36.8 Å². The van der Waals surface area contributed by atoms with Crippen molar-refractivity contribution >= 4 is 32.9 Å². The zero-order valence-corrected chi connectivity index (χ0v) is 14.5. The Hall–Kier alpha value is -2.65. The molecule has 0 bridgehead atoms. The predicted octanol–water partition coefficient (Wildman–Crippen LogP) is 1.65. The maximum atomic E-state index is 12.8. The zero-order chi connectivity index (χ0) is 17.6. The van der Waals surface area contributed by atoms with Gasteiger partial charge in [-0.25, -0.2) is 14.7 Å². The number of para-hydroxylation sites is 2. The van der Waals surface area contributed by atoms with Crippen molar-refractivity contribution in [3.8, 4) is 0 Å². The minimum absolute atomic E-state index is 0.276. The van der Waals surface area contributed by atoms with E-state index in [1.807, 2.05) is 31.2 Å². The van der Waals surface area contributed by atoms with E-state index in [4.69, 9.17) is 5.73 Å². The molecule has 130 valence electrons.